The van der Waals surface area contributed by atoms with E-state index in [0.717, 1.165) is 5.56 Å². The molecule has 0 fully saturated rings. The number of aliphatic hydroxyl groups is 1. The molecule has 0 aliphatic rings. The van der Waals surface area contributed by atoms with Gasteiger partial charge in [0.2, 0.25) is 0 Å². The molecule has 6 heteroatoms. The SMILES string of the molecule is CC(C)(C)c1cc(CC(O)CCN)cc(OC(F)(F)F)c1. The summed E-state index contributed by atoms with van der Waals surface area (Å²) >= 11 is 0. The average molecular weight is 305 g/mol. The van der Waals surface area contributed by atoms with Crippen molar-refractivity contribution in [3.05, 3.63) is 29.3 Å². The van der Waals surface area contributed by atoms with E-state index in [2.05, 4.69) is 4.74 Å². The molecule has 0 saturated heterocycles. The third-order valence-electron chi connectivity index (χ3n) is 3.04. The van der Waals surface area contributed by atoms with Crippen molar-refractivity contribution in [1.29, 1.82) is 0 Å². The second kappa shape index (κ2) is 6.66. The van der Waals surface area contributed by atoms with Gasteiger partial charge in [-0.1, -0.05) is 26.8 Å². The summed E-state index contributed by atoms with van der Waals surface area (Å²) in [6.45, 7) is 6.03. The van der Waals surface area contributed by atoms with Gasteiger partial charge in [-0.3, -0.25) is 0 Å². The number of benzene rings is 1. The summed E-state index contributed by atoms with van der Waals surface area (Å²) in [6, 6.07) is 4.48. The lowest BCUT2D eigenvalue weighted by molar-refractivity contribution is -0.274. The Morgan fingerprint density at radius 2 is 1.81 bits per heavy atom. The van der Waals surface area contributed by atoms with Gasteiger partial charge in [0.15, 0.2) is 0 Å². The smallest absolute Gasteiger partial charge is 0.406 e. The van der Waals surface area contributed by atoms with Crippen LogP contribution in [0.4, 0.5) is 13.2 Å². The molecule has 1 rings (SSSR count). The zero-order valence-electron chi connectivity index (χ0n) is 12.5. The molecule has 1 aromatic carbocycles. The fraction of sp³-hybridized carbons (Fsp3) is 0.600. The highest BCUT2D eigenvalue weighted by Crippen LogP contribution is 2.31. The first-order valence-corrected chi connectivity index (χ1v) is 6.79. The molecule has 0 bridgehead atoms. The lowest BCUT2D eigenvalue weighted by Gasteiger charge is -2.22. The van der Waals surface area contributed by atoms with Crippen molar-refractivity contribution < 1.29 is 23.0 Å². The number of aliphatic hydroxyl groups excluding tert-OH is 1. The van der Waals surface area contributed by atoms with Crippen LogP contribution in [0.25, 0.3) is 0 Å². The molecule has 0 aromatic heterocycles. The molecule has 0 aliphatic heterocycles. The third kappa shape index (κ3) is 6.35. The molecule has 0 saturated carbocycles. The van der Waals surface area contributed by atoms with Gasteiger partial charge < -0.3 is 15.6 Å². The summed E-state index contributed by atoms with van der Waals surface area (Å²) in [7, 11) is 0. The molecule has 3 N–H and O–H groups in total. The Bertz CT molecular complexity index is 467. The number of ether oxygens (including phenoxy) is 1. The Kier molecular flexibility index (Phi) is 5.64. The fourth-order valence-corrected chi connectivity index (χ4v) is 1.97. The monoisotopic (exact) mass is 305 g/mol. The molecule has 0 amide bonds. The summed E-state index contributed by atoms with van der Waals surface area (Å²) in [5, 5.41) is 9.78. The molecular formula is C15H22F3NO2. The summed E-state index contributed by atoms with van der Waals surface area (Å²) in [5.74, 6) is -0.259. The van der Waals surface area contributed by atoms with E-state index in [9.17, 15) is 18.3 Å². The minimum absolute atomic E-state index is 0.245. The molecular weight excluding hydrogens is 283 g/mol. The maximum atomic E-state index is 12.4. The van der Waals surface area contributed by atoms with Crippen molar-refractivity contribution in [1.82, 2.24) is 0 Å². The standard InChI is InChI=1S/C15H22F3NO2/c1-14(2,3)11-6-10(7-12(20)4-5-19)8-13(9-11)21-15(16,17)18/h6,8-9,12,20H,4-5,7,19H2,1-3H3. The van der Waals surface area contributed by atoms with Crippen LogP contribution in [0.15, 0.2) is 18.2 Å². The molecule has 120 valence electrons. The topological polar surface area (TPSA) is 55.5 Å². The van der Waals surface area contributed by atoms with Crippen molar-refractivity contribution in [2.45, 2.75) is 51.5 Å². The van der Waals surface area contributed by atoms with Gasteiger partial charge in [0, 0.05) is 0 Å². The molecule has 1 aromatic rings. The Balaban J connectivity index is 3.09. The van der Waals surface area contributed by atoms with Crippen LogP contribution >= 0.6 is 0 Å². The van der Waals surface area contributed by atoms with E-state index < -0.39 is 12.5 Å². The van der Waals surface area contributed by atoms with E-state index in [1.807, 2.05) is 20.8 Å². The number of nitrogens with two attached hydrogens (primary N) is 1. The van der Waals surface area contributed by atoms with Crippen LogP contribution in [0, 0.1) is 0 Å². The molecule has 1 unspecified atom stereocenters. The zero-order chi connectivity index (χ0) is 16.3. The van der Waals surface area contributed by atoms with E-state index in [1.165, 1.54) is 12.1 Å². The Labute approximate surface area is 122 Å². The molecule has 21 heavy (non-hydrogen) atoms. The first-order chi connectivity index (χ1) is 9.51. The highest BCUT2D eigenvalue weighted by atomic mass is 19.4. The predicted molar refractivity (Wildman–Crippen MR) is 75.2 cm³/mol. The van der Waals surface area contributed by atoms with Gasteiger partial charge in [0.1, 0.15) is 5.75 Å². The van der Waals surface area contributed by atoms with Crippen molar-refractivity contribution in [2.75, 3.05) is 6.54 Å². The predicted octanol–water partition coefficient (Wildman–Crippen LogP) is 3.13. The van der Waals surface area contributed by atoms with Crippen LogP contribution in [-0.4, -0.2) is 24.1 Å². The second-order valence-electron chi connectivity index (χ2n) is 6.10. The lowest BCUT2D eigenvalue weighted by Crippen LogP contribution is -2.20. The number of hydrogen-bond acceptors (Lipinski definition) is 3. The number of rotatable bonds is 5. The van der Waals surface area contributed by atoms with Crippen LogP contribution < -0.4 is 10.5 Å². The minimum Gasteiger partial charge on any atom is -0.406 e. The normalized spacial score (nSPS) is 14.1. The minimum atomic E-state index is -4.73. The van der Waals surface area contributed by atoms with Crippen LogP contribution in [0.1, 0.15) is 38.3 Å². The summed E-state index contributed by atoms with van der Waals surface area (Å²) in [6.07, 6.45) is -4.77. The second-order valence-corrected chi connectivity index (χ2v) is 6.10. The van der Waals surface area contributed by atoms with E-state index in [1.54, 1.807) is 6.07 Å². The first-order valence-electron chi connectivity index (χ1n) is 6.79. The number of hydrogen-bond donors (Lipinski definition) is 2. The van der Waals surface area contributed by atoms with Gasteiger partial charge >= 0.3 is 6.36 Å². The van der Waals surface area contributed by atoms with Gasteiger partial charge in [0.25, 0.3) is 0 Å². The van der Waals surface area contributed by atoms with Crippen molar-refractivity contribution >= 4 is 0 Å². The van der Waals surface area contributed by atoms with Crippen LogP contribution in [0.5, 0.6) is 5.75 Å². The zero-order valence-corrected chi connectivity index (χ0v) is 12.5. The van der Waals surface area contributed by atoms with E-state index in [0.29, 0.717) is 18.5 Å². The first kappa shape index (κ1) is 17.8. The molecule has 0 heterocycles. The Morgan fingerprint density at radius 3 is 2.29 bits per heavy atom. The Hall–Kier alpha value is -1.27. The van der Waals surface area contributed by atoms with Gasteiger partial charge in [-0.15, -0.1) is 13.2 Å². The van der Waals surface area contributed by atoms with Gasteiger partial charge in [-0.2, -0.15) is 0 Å². The third-order valence-corrected chi connectivity index (χ3v) is 3.04. The largest absolute Gasteiger partial charge is 0.573 e. The lowest BCUT2D eigenvalue weighted by atomic mass is 9.85. The van der Waals surface area contributed by atoms with Crippen molar-refractivity contribution in [3.63, 3.8) is 0 Å². The molecule has 0 spiro atoms. The van der Waals surface area contributed by atoms with Gasteiger partial charge in [-0.05, 0) is 48.1 Å². The fourth-order valence-electron chi connectivity index (χ4n) is 1.97. The van der Waals surface area contributed by atoms with E-state index in [4.69, 9.17) is 5.73 Å². The van der Waals surface area contributed by atoms with Crippen LogP contribution in [0.2, 0.25) is 0 Å². The quantitative estimate of drug-likeness (QED) is 0.878. The van der Waals surface area contributed by atoms with Crippen LogP contribution in [-0.2, 0) is 11.8 Å². The summed E-state index contributed by atoms with van der Waals surface area (Å²) in [5.41, 5.74) is 6.36. The highest BCUT2D eigenvalue weighted by molar-refractivity contribution is 5.38. The molecule has 0 radical (unpaired) electrons. The Morgan fingerprint density at radius 1 is 1.19 bits per heavy atom. The van der Waals surface area contributed by atoms with E-state index >= 15 is 0 Å². The summed E-state index contributed by atoms with van der Waals surface area (Å²) in [4.78, 5) is 0. The van der Waals surface area contributed by atoms with E-state index in [-0.39, 0.29) is 17.6 Å². The molecule has 0 aliphatic carbocycles. The van der Waals surface area contributed by atoms with Crippen molar-refractivity contribution in [2.24, 2.45) is 5.73 Å². The summed E-state index contributed by atoms with van der Waals surface area (Å²) < 4.78 is 41.2. The average Bonchev–Trinajstić information content (AvgIpc) is 2.24. The van der Waals surface area contributed by atoms with Gasteiger partial charge in [-0.25, -0.2) is 0 Å². The maximum Gasteiger partial charge on any atom is 0.573 e. The molecule has 1 atom stereocenters. The maximum absolute atomic E-state index is 12.4. The molecule has 3 nitrogen and oxygen atoms in total. The van der Waals surface area contributed by atoms with Crippen LogP contribution in [0.3, 0.4) is 0 Å². The highest BCUT2D eigenvalue weighted by Gasteiger charge is 2.31. The van der Waals surface area contributed by atoms with Gasteiger partial charge in [0.05, 0.1) is 6.10 Å². The van der Waals surface area contributed by atoms with Crippen molar-refractivity contribution in [3.8, 4) is 5.75 Å². The number of halogens is 3. The number of alkyl halides is 3.